The number of nitrogens with two attached hydrogens (primary N) is 1. The Labute approximate surface area is 297 Å². The van der Waals surface area contributed by atoms with Crippen LogP contribution in [0.15, 0.2) is 158 Å². The van der Waals surface area contributed by atoms with Crippen molar-refractivity contribution in [3.8, 4) is 11.1 Å². The van der Waals surface area contributed by atoms with Crippen molar-refractivity contribution < 1.29 is 9.59 Å². The monoisotopic (exact) mass is 690 g/mol. The molecule has 0 spiro atoms. The highest BCUT2D eigenvalue weighted by Gasteiger charge is 2.27. The second-order valence-electron chi connectivity index (χ2n) is 12.6. The minimum absolute atomic E-state index is 0.0146. The van der Waals surface area contributed by atoms with E-state index >= 15 is 0 Å². The summed E-state index contributed by atoms with van der Waals surface area (Å²) in [6, 6.07) is 54.2. The van der Waals surface area contributed by atoms with E-state index in [9.17, 15) is 9.59 Å². The normalized spacial score (nSPS) is 13.3. The van der Waals surface area contributed by atoms with Crippen molar-refractivity contribution in [3.05, 3.63) is 169 Å². The maximum atomic E-state index is 14.2. The number of amides is 2. The first-order valence-corrected chi connectivity index (χ1v) is 19.9. The van der Waals surface area contributed by atoms with Gasteiger partial charge in [0.1, 0.15) is 0 Å². The quantitative estimate of drug-likeness (QED) is 0.152. The van der Waals surface area contributed by atoms with Crippen molar-refractivity contribution in [3.63, 3.8) is 0 Å². The van der Waals surface area contributed by atoms with E-state index in [1.54, 1.807) is 0 Å². The minimum atomic E-state index is -1.09. The van der Waals surface area contributed by atoms with Crippen molar-refractivity contribution in [1.82, 2.24) is 5.32 Å². The van der Waals surface area contributed by atoms with Gasteiger partial charge < -0.3 is 11.1 Å². The molecule has 0 unspecified atom stereocenters. The first-order valence-electron chi connectivity index (χ1n) is 17.3. The SMILES string of the molecule is NC(=O)c1ccc(-c2ccc(C(=O)NC3CCCCC3)c(P(c3ccccc3)c3ccccc3)c2)cc1P(c1ccccc1)c1ccccc1. The van der Waals surface area contributed by atoms with E-state index in [0.717, 1.165) is 58.0 Å². The largest absolute Gasteiger partial charge is 0.366 e. The van der Waals surface area contributed by atoms with Crippen LogP contribution in [0.4, 0.5) is 0 Å². The number of hydrogen-bond donors (Lipinski definition) is 2. The van der Waals surface area contributed by atoms with Gasteiger partial charge in [-0.25, -0.2) is 0 Å². The molecule has 0 heterocycles. The molecule has 0 radical (unpaired) electrons. The fourth-order valence-electron chi connectivity index (χ4n) is 6.87. The minimum Gasteiger partial charge on any atom is -0.366 e. The molecule has 0 bridgehead atoms. The van der Waals surface area contributed by atoms with Gasteiger partial charge in [-0.2, -0.15) is 0 Å². The topological polar surface area (TPSA) is 72.2 Å². The summed E-state index contributed by atoms with van der Waals surface area (Å²) in [4.78, 5) is 27.1. The summed E-state index contributed by atoms with van der Waals surface area (Å²) in [5, 5.41) is 9.96. The Morgan fingerprint density at radius 2 is 0.880 bits per heavy atom. The van der Waals surface area contributed by atoms with Crippen LogP contribution in [-0.2, 0) is 0 Å². The summed E-state index contributed by atoms with van der Waals surface area (Å²) in [7, 11) is -2.15. The van der Waals surface area contributed by atoms with Gasteiger partial charge in [-0.1, -0.05) is 153 Å². The van der Waals surface area contributed by atoms with E-state index in [1.165, 1.54) is 17.0 Å². The summed E-state index contributed by atoms with van der Waals surface area (Å²) in [6.45, 7) is 0. The lowest BCUT2D eigenvalue weighted by Crippen LogP contribution is -2.38. The van der Waals surface area contributed by atoms with Gasteiger partial charge >= 0.3 is 0 Å². The Morgan fingerprint density at radius 3 is 1.28 bits per heavy atom. The van der Waals surface area contributed by atoms with Crippen LogP contribution < -0.4 is 42.9 Å². The van der Waals surface area contributed by atoms with Crippen LogP contribution in [0.3, 0.4) is 0 Å². The molecule has 1 saturated carbocycles. The van der Waals surface area contributed by atoms with Gasteiger partial charge in [0.15, 0.2) is 0 Å². The third-order valence-corrected chi connectivity index (χ3v) is 14.3. The molecule has 6 aromatic rings. The van der Waals surface area contributed by atoms with Gasteiger partial charge in [0.25, 0.3) is 5.91 Å². The zero-order chi connectivity index (χ0) is 34.3. The molecule has 3 N–H and O–H groups in total. The second-order valence-corrected chi connectivity index (χ2v) is 17.0. The lowest BCUT2D eigenvalue weighted by molar-refractivity contribution is 0.0928. The number of benzene rings is 6. The van der Waals surface area contributed by atoms with Gasteiger partial charge in [-0.05, 0) is 95.9 Å². The third kappa shape index (κ3) is 7.48. The van der Waals surface area contributed by atoms with Crippen LogP contribution in [0.25, 0.3) is 11.1 Å². The molecule has 6 heteroatoms. The molecule has 1 aliphatic rings. The van der Waals surface area contributed by atoms with E-state index in [1.807, 2.05) is 66.7 Å². The molecule has 0 atom stereocenters. The number of primary amides is 1. The molecule has 1 aliphatic carbocycles. The van der Waals surface area contributed by atoms with E-state index in [2.05, 4.69) is 96.3 Å². The van der Waals surface area contributed by atoms with Gasteiger partial charge in [0.2, 0.25) is 5.91 Å². The zero-order valence-corrected chi connectivity index (χ0v) is 29.7. The molecule has 50 heavy (non-hydrogen) atoms. The summed E-state index contributed by atoms with van der Waals surface area (Å²) >= 11 is 0. The first kappa shape index (κ1) is 33.6. The number of carbonyl (C=O) groups excluding carboxylic acids is 2. The maximum absolute atomic E-state index is 14.2. The highest BCUT2D eigenvalue weighted by Crippen LogP contribution is 2.38. The van der Waals surface area contributed by atoms with Gasteiger partial charge in [-0.15, -0.1) is 0 Å². The summed E-state index contributed by atoms with van der Waals surface area (Å²) in [5.41, 5.74) is 9.24. The molecular formula is C44H40N2O2P2. The molecular weight excluding hydrogens is 650 g/mol. The number of carbonyl (C=O) groups is 2. The Balaban J connectivity index is 1.40. The van der Waals surface area contributed by atoms with Crippen LogP contribution in [0.5, 0.6) is 0 Å². The number of rotatable bonds is 10. The average molecular weight is 691 g/mol. The molecule has 1 fully saturated rings. The molecule has 0 aliphatic heterocycles. The van der Waals surface area contributed by atoms with Crippen molar-refractivity contribution in [2.24, 2.45) is 5.73 Å². The van der Waals surface area contributed by atoms with E-state index in [0.29, 0.717) is 11.1 Å². The Morgan fingerprint density at radius 1 is 0.500 bits per heavy atom. The highest BCUT2D eigenvalue weighted by molar-refractivity contribution is 7.80. The van der Waals surface area contributed by atoms with Gasteiger partial charge in [0.05, 0.1) is 0 Å². The van der Waals surface area contributed by atoms with Crippen LogP contribution >= 0.6 is 15.8 Å². The molecule has 0 aromatic heterocycles. The van der Waals surface area contributed by atoms with Crippen LogP contribution in [0, 0.1) is 0 Å². The zero-order valence-electron chi connectivity index (χ0n) is 27.9. The second kappa shape index (κ2) is 15.8. The Hall–Kier alpha value is -4.88. The highest BCUT2D eigenvalue weighted by atomic mass is 31.1. The summed E-state index contributed by atoms with van der Waals surface area (Å²) in [6.07, 6.45) is 5.57. The fraction of sp³-hybridized carbons (Fsp3) is 0.136. The van der Waals surface area contributed by atoms with Crippen LogP contribution in [-0.4, -0.2) is 17.9 Å². The van der Waals surface area contributed by atoms with Crippen molar-refractivity contribution in [2.75, 3.05) is 0 Å². The lowest BCUT2D eigenvalue weighted by atomic mass is 9.95. The van der Waals surface area contributed by atoms with Crippen LogP contribution in [0.1, 0.15) is 52.8 Å². The van der Waals surface area contributed by atoms with Crippen molar-refractivity contribution in [2.45, 2.75) is 38.1 Å². The van der Waals surface area contributed by atoms with E-state index < -0.39 is 21.8 Å². The smallest absolute Gasteiger partial charge is 0.252 e. The molecule has 248 valence electrons. The molecule has 2 amide bonds. The predicted octanol–water partition coefficient (Wildman–Crippen LogP) is 7.03. The summed E-state index contributed by atoms with van der Waals surface area (Å²) < 4.78 is 0. The van der Waals surface area contributed by atoms with Crippen molar-refractivity contribution in [1.29, 1.82) is 0 Å². The standard InChI is InChI=1S/C44H40N2O2P2/c45-43(47)39-28-26-32(30-41(39)49(35-18-8-2-9-19-35)36-20-10-3-11-21-36)33-27-29-40(44(48)46-34-16-6-1-7-17-34)42(31-33)50(37-22-12-4-13-23-37)38-24-14-5-15-25-38/h2-5,8-15,18-31,34H,1,6-7,16-17H2,(H2,45,47)(H,46,48). The van der Waals surface area contributed by atoms with Crippen LogP contribution in [0.2, 0.25) is 0 Å². The molecule has 0 saturated heterocycles. The first-order chi connectivity index (χ1) is 24.6. The number of nitrogens with one attached hydrogen (secondary N) is 1. The Bertz CT molecular complexity index is 1990. The Kier molecular flexibility index (Phi) is 10.6. The third-order valence-electron chi connectivity index (χ3n) is 9.32. The van der Waals surface area contributed by atoms with Crippen molar-refractivity contribution >= 4 is 59.5 Å². The number of hydrogen-bond acceptors (Lipinski definition) is 2. The van der Waals surface area contributed by atoms with E-state index in [4.69, 9.17) is 5.73 Å². The fourth-order valence-corrected chi connectivity index (χ4v) is 11.8. The van der Waals surface area contributed by atoms with Gasteiger partial charge in [0, 0.05) is 17.2 Å². The lowest BCUT2D eigenvalue weighted by Gasteiger charge is -2.26. The maximum Gasteiger partial charge on any atom is 0.252 e. The summed E-state index contributed by atoms with van der Waals surface area (Å²) in [5.74, 6) is -0.461. The van der Waals surface area contributed by atoms with E-state index in [-0.39, 0.29) is 11.9 Å². The molecule has 7 rings (SSSR count). The van der Waals surface area contributed by atoms with Gasteiger partial charge in [-0.3, -0.25) is 9.59 Å². The average Bonchev–Trinajstić information content (AvgIpc) is 3.17. The molecule has 4 nitrogen and oxygen atoms in total. The molecule has 6 aromatic carbocycles. The predicted molar refractivity (Wildman–Crippen MR) is 212 cm³/mol.